The molecule has 0 atom stereocenters. The summed E-state index contributed by atoms with van der Waals surface area (Å²) in [5.74, 6) is -0.876. The van der Waals surface area contributed by atoms with Crippen molar-refractivity contribution in [2.24, 2.45) is 14.1 Å². The van der Waals surface area contributed by atoms with Gasteiger partial charge in [0.2, 0.25) is 0 Å². The van der Waals surface area contributed by atoms with Gasteiger partial charge >= 0.3 is 17.6 Å². The molecule has 0 N–H and O–H groups in total. The van der Waals surface area contributed by atoms with Crippen molar-refractivity contribution in [3.05, 3.63) is 24.2 Å². The molecule has 3 nitrogen and oxygen atoms in total. The average molecular weight is 216 g/mol. The maximum atomic E-state index is 12.5. The van der Waals surface area contributed by atoms with Crippen LogP contribution in [0.4, 0.5) is 13.2 Å². The van der Waals surface area contributed by atoms with E-state index in [4.69, 9.17) is 0 Å². The molecular weight excluding hydrogens is 207 g/mol. The zero-order valence-electron chi connectivity index (χ0n) is 8.21. The molecule has 0 saturated carbocycles. The summed E-state index contributed by atoms with van der Waals surface area (Å²) in [7, 11) is 3.02. The first-order valence-corrected chi connectivity index (χ1v) is 4.29. The lowest BCUT2D eigenvalue weighted by Gasteiger charge is -2.00. The number of aromatic nitrogens is 3. The molecule has 0 fully saturated rings. The van der Waals surface area contributed by atoms with Crippen LogP contribution >= 0.6 is 0 Å². The van der Waals surface area contributed by atoms with E-state index in [2.05, 4.69) is 4.98 Å². The predicted octanol–water partition coefficient (Wildman–Crippen LogP) is 1.42. The standard InChI is InChI=1S/C9H9F3N3/c1-14-5-3-4-6-7(14)13-8(15(6)2)9(10,11)12/h3-5H,1-2H3/q+1. The first kappa shape index (κ1) is 9.95. The van der Waals surface area contributed by atoms with Crippen LogP contribution in [0.1, 0.15) is 5.82 Å². The summed E-state index contributed by atoms with van der Waals surface area (Å²) in [5.41, 5.74) is 0.791. The molecule has 0 aliphatic carbocycles. The van der Waals surface area contributed by atoms with Crippen molar-refractivity contribution < 1.29 is 17.7 Å². The average Bonchev–Trinajstić information content (AvgIpc) is 2.45. The minimum atomic E-state index is -4.42. The molecule has 0 aliphatic rings. The molecule has 80 valence electrons. The largest absolute Gasteiger partial charge is 0.475 e. The highest BCUT2D eigenvalue weighted by atomic mass is 19.4. The van der Waals surface area contributed by atoms with Crippen LogP contribution in [-0.4, -0.2) is 9.55 Å². The summed E-state index contributed by atoms with van der Waals surface area (Å²) in [6.45, 7) is 0. The van der Waals surface area contributed by atoms with Gasteiger partial charge in [-0.15, -0.1) is 0 Å². The summed E-state index contributed by atoms with van der Waals surface area (Å²) >= 11 is 0. The van der Waals surface area contributed by atoms with Gasteiger partial charge in [-0.1, -0.05) is 0 Å². The van der Waals surface area contributed by atoms with E-state index in [9.17, 15) is 13.2 Å². The van der Waals surface area contributed by atoms with Gasteiger partial charge in [0.25, 0.3) is 0 Å². The first-order valence-electron chi connectivity index (χ1n) is 4.29. The molecule has 0 aliphatic heterocycles. The number of nitrogens with zero attached hydrogens (tertiary/aromatic N) is 3. The van der Waals surface area contributed by atoms with Gasteiger partial charge in [-0.2, -0.15) is 13.2 Å². The molecular formula is C9H9F3N3+. The molecule has 0 spiro atoms. The highest BCUT2D eigenvalue weighted by Crippen LogP contribution is 2.29. The first-order chi connectivity index (χ1) is 6.91. The van der Waals surface area contributed by atoms with Gasteiger partial charge in [-0.05, 0) is 17.1 Å². The lowest BCUT2D eigenvalue weighted by molar-refractivity contribution is -0.646. The van der Waals surface area contributed by atoms with Crippen LogP contribution in [-0.2, 0) is 20.3 Å². The zero-order valence-corrected chi connectivity index (χ0v) is 8.21. The van der Waals surface area contributed by atoms with Gasteiger partial charge in [0.05, 0.1) is 13.2 Å². The normalized spacial score (nSPS) is 12.3. The number of alkyl halides is 3. The monoisotopic (exact) mass is 216 g/mol. The van der Waals surface area contributed by atoms with Crippen molar-refractivity contribution >= 4 is 11.2 Å². The number of rotatable bonds is 0. The molecule has 0 bridgehead atoms. The van der Waals surface area contributed by atoms with Crippen LogP contribution < -0.4 is 4.57 Å². The number of pyridine rings is 1. The van der Waals surface area contributed by atoms with Crippen molar-refractivity contribution in [2.75, 3.05) is 0 Å². The van der Waals surface area contributed by atoms with Gasteiger partial charge in [-0.25, -0.2) is 4.57 Å². The van der Waals surface area contributed by atoms with Crippen LogP contribution in [0.2, 0.25) is 0 Å². The van der Waals surface area contributed by atoms with E-state index in [0.29, 0.717) is 11.2 Å². The Morgan fingerprint density at radius 2 is 2.07 bits per heavy atom. The quantitative estimate of drug-likeness (QED) is 0.610. The van der Waals surface area contributed by atoms with E-state index in [-0.39, 0.29) is 0 Å². The number of imidazole rings is 1. The van der Waals surface area contributed by atoms with Crippen LogP contribution in [0.3, 0.4) is 0 Å². The summed E-state index contributed by atoms with van der Waals surface area (Å²) < 4.78 is 40.2. The third-order valence-electron chi connectivity index (χ3n) is 2.27. The Morgan fingerprint density at radius 3 is 2.60 bits per heavy atom. The molecule has 15 heavy (non-hydrogen) atoms. The van der Waals surface area contributed by atoms with Crippen LogP contribution in [0, 0.1) is 0 Å². The van der Waals surface area contributed by atoms with Crippen LogP contribution in [0.5, 0.6) is 0 Å². The van der Waals surface area contributed by atoms with E-state index in [1.807, 2.05) is 0 Å². The summed E-state index contributed by atoms with van der Waals surface area (Å²) in [5, 5.41) is 0. The minimum Gasteiger partial charge on any atom is -0.297 e. The van der Waals surface area contributed by atoms with Gasteiger partial charge in [0.15, 0.2) is 0 Å². The highest BCUT2D eigenvalue weighted by Gasteiger charge is 2.42. The van der Waals surface area contributed by atoms with Crippen LogP contribution in [0.25, 0.3) is 11.2 Å². The minimum absolute atomic E-state index is 0.326. The fourth-order valence-electron chi connectivity index (χ4n) is 1.53. The van der Waals surface area contributed by atoms with Crippen LogP contribution in [0.15, 0.2) is 18.3 Å². The molecule has 6 heteroatoms. The van der Waals surface area contributed by atoms with Gasteiger partial charge < -0.3 is 0 Å². The molecule has 0 saturated heterocycles. The van der Waals surface area contributed by atoms with E-state index in [0.717, 1.165) is 4.57 Å². The SMILES string of the molecule is Cn1c(C(F)(F)F)nc2c1ccc[n+]2C. The van der Waals surface area contributed by atoms with E-state index in [1.54, 1.807) is 29.9 Å². The van der Waals surface area contributed by atoms with Crippen molar-refractivity contribution in [1.29, 1.82) is 0 Å². The Labute approximate surface area is 83.8 Å². The lowest BCUT2D eigenvalue weighted by Crippen LogP contribution is -2.28. The van der Waals surface area contributed by atoms with Crippen molar-refractivity contribution in [3.63, 3.8) is 0 Å². The molecule has 0 unspecified atom stereocenters. The molecule has 2 rings (SSSR count). The zero-order chi connectivity index (χ0) is 11.2. The van der Waals surface area contributed by atoms with Gasteiger partial charge in [0.1, 0.15) is 5.52 Å². The van der Waals surface area contributed by atoms with Crippen molar-refractivity contribution in [3.8, 4) is 0 Å². The Hall–Kier alpha value is -1.59. The molecule has 0 radical (unpaired) electrons. The second kappa shape index (κ2) is 2.95. The number of fused-ring (bicyclic) bond motifs is 1. The summed E-state index contributed by atoms with van der Waals surface area (Å²) in [6, 6.07) is 3.29. The molecule has 2 aromatic rings. The summed E-state index contributed by atoms with van der Waals surface area (Å²) in [4.78, 5) is 3.58. The molecule has 2 aromatic heterocycles. The number of aryl methyl sites for hydroxylation is 2. The van der Waals surface area contributed by atoms with Crippen molar-refractivity contribution in [1.82, 2.24) is 9.55 Å². The fourth-order valence-corrected chi connectivity index (χ4v) is 1.53. The molecule has 0 amide bonds. The highest BCUT2D eigenvalue weighted by molar-refractivity contribution is 5.68. The second-order valence-electron chi connectivity index (χ2n) is 3.32. The maximum Gasteiger partial charge on any atom is 0.475 e. The predicted molar refractivity (Wildman–Crippen MR) is 46.9 cm³/mol. The van der Waals surface area contributed by atoms with E-state index >= 15 is 0 Å². The maximum absolute atomic E-state index is 12.5. The van der Waals surface area contributed by atoms with Gasteiger partial charge in [-0.3, -0.25) is 4.57 Å². The Balaban J connectivity index is 2.81. The Morgan fingerprint density at radius 1 is 1.40 bits per heavy atom. The summed E-state index contributed by atoms with van der Waals surface area (Å²) in [6.07, 6.45) is -2.75. The number of hydrogen-bond donors (Lipinski definition) is 0. The third-order valence-corrected chi connectivity index (χ3v) is 2.27. The number of hydrogen-bond acceptors (Lipinski definition) is 1. The Bertz CT molecular complexity index is 513. The van der Waals surface area contributed by atoms with Gasteiger partial charge in [0, 0.05) is 7.05 Å². The lowest BCUT2D eigenvalue weighted by atomic mass is 10.4. The third kappa shape index (κ3) is 1.45. The topological polar surface area (TPSA) is 21.7 Å². The molecule has 2 heterocycles. The molecule has 0 aromatic carbocycles. The van der Waals surface area contributed by atoms with E-state index in [1.165, 1.54) is 7.05 Å². The smallest absolute Gasteiger partial charge is 0.297 e. The second-order valence-corrected chi connectivity index (χ2v) is 3.32. The van der Waals surface area contributed by atoms with Crippen molar-refractivity contribution in [2.45, 2.75) is 6.18 Å². The Kier molecular flexibility index (Phi) is 1.95. The fraction of sp³-hybridized carbons (Fsp3) is 0.333. The number of halogens is 3. The van der Waals surface area contributed by atoms with E-state index < -0.39 is 12.0 Å².